The Labute approximate surface area is 97.2 Å². The molecule has 4 nitrogen and oxygen atoms in total. The minimum Gasteiger partial charge on any atom is -0.480 e. The zero-order chi connectivity index (χ0) is 11.4. The average molecular weight is 226 g/mol. The molecule has 0 aromatic heterocycles. The van der Waals surface area contributed by atoms with E-state index in [1.807, 2.05) is 0 Å². The van der Waals surface area contributed by atoms with E-state index in [1.54, 1.807) is 0 Å². The minimum absolute atomic E-state index is 0.213. The fourth-order valence-corrected chi connectivity index (χ4v) is 2.95. The van der Waals surface area contributed by atoms with Crippen LogP contribution in [-0.2, 0) is 4.79 Å². The summed E-state index contributed by atoms with van der Waals surface area (Å²) in [7, 11) is 0. The summed E-state index contributed by atoms with van der Waals surface area (Å²) in [6.45, 7) is 4.55. The van der Waals surface area contributed by atoms with E-state index in [0.717, 1.165) is 19.5 Å². The molecule has 0 radical (unpaired) electrons. The number of carboxylic acids is 1. The van der Waals surface area contributed by atoms with Crippen LogP contribution >= 0.6 is 0 Å². The van der Waals surface area contributed by atoms with Gasteiger partial charge in [-0.3, -0.25) is 14.6 Å². The van der Waals surface area contributed by atoms with Gasteiger partial charge >= 0.3 is 5.97 Å². The molecule has 1 N–H and O–H groups in total. The van der Waals surface area contributed by atoms with Gasteiger partial charge in [-0.1, -0.05) is 6.42 Å². The lowest BCUT2D eigenvalue weighted by molar-refractivity contribution is -0.138. The molecule has 2 fully saturated rings. The Morgan fingerprint density at radius 3 is 2.56 bits per heavy atom. The minimum atomic E-state index is -0.695. The molecule has 0 amide bonds. The van der Waals surface area contributed by atoms with Crippen LogP contribution in [0.1, 0.15) is 32.1 Å². The van der Waals surface area contributed by atoms with Gasteiger partial charge in [-0.25, -0.2) is 0 Å². The number of carbonyl (C=O) groups is 1. The van der Waals surface area contributed by atoms with Gasteiger partial charge in [0.25, 0.3) is 0 Å². The average Bonchev–Trinajstić information content (AvgIpc) is 2.30. The van der Waals surface area contributed by atoms with Crippen molar-refractivity contribution >= 4 is 5.97 Å². The number of hydrogen-bond donors (Lipinski definition) is 1. The zero-order valence-electron chi connectivity index (χ0n) is 9.90. The van der Waals surface area contributed by atoms with E-state index >= 15 is 0 Å². The van der Waals surface area contributed by atoms with Crippen molar-refractivity contribution in [3.63, 3.8) is 0 Å². The van der Waals surface area contributed by atoms with Crippen LogP contribution in [0.25, 0.3) is 0 Å². The molecule has 0 aliphatic carbocycles. The Bertz CT molecular complexity index is 239. The normalized spacial score (nSPS) is 29.1. The predicted molar refractivity (Wildman–Crippen MR) is 62.5 cm³/mol. The summed E-state index contributed by atoms with van der Waals surface area (Å²) in [4.78, 5) is 15.4. The molecule has 0 saturated carbocycles. The first kappa shape index (κ1) is 11.9. The fraction of sp³-hybridized carbons (Fsp3) is 0.917. The number of nitrogens with zero attached hydrogens (tertiary/aromatic N) is 2. The Morgan fingerprint density at radius 1 is 1.12 bits per heavy atom. The lowest BCUT2D eigenvalue weighted by Crippen LogP contribution is -2.50. The van der Waals surface area contributed by atoms with E-state index in [2.05, 4.69) is 9.80 Å². The van der Waals surface area contributed by atoms with Gasteiger partial charge < -0.3 is 5.11 Å². The van der Waals surface area contributed by atoms with E-state index in [-0.39, 0.29) is 6.54 Å². The van der Waals surface area contributed by atoms with E-state index in [9.17, 15) is 4.79 Å². The van der Waals surface area contributed by atoms with E-state index in [1.165, 1.54) is 38.8 Å². The quantitative estimate of drug-likeness (QED) is 0.780. The lowest BCUT2D eigenvalue weighted by atomic mass is 10.0. The van der Waals surface area contributed by atoms with Crippen molar-refractivity contribution in [2.24, 2.45) is 0 Å². The molecule has 1 atom stereocenters. The van der Waals surface area contributed by atoms with Gasteiger partial charge in [0.1, 0.15) is 0 Å². The molecule has 2 aliphatic rings. The summed E-state index contributed by atoms with van der Waals surface area (Å²) in [5.41, 5.74) is 0. The highest BCUT2D eigenvalue weighted by Crippen LogP contribution is 2.19. The van der Waals surface area contributed by atoms with Gasteiger partial charge in [-0.15, -0.1) is 0 Å². The fourth-order valence-electron chi connectivity index (χ4n) is 2.95. The molecule has 2 rings (SSSR count). The number of aliphatic carboxylic acids is 1. The maximum absolute atomic E-state index is 10.7. The second-order valence-electron chi connectivity index (χ2n) is 5.02. The molecule has 92 valence electrons. The molecular weight excluding hydrogens is 204 g/mol. The highest BCUT2D eigenvalue weighted by molar-refractivity contribution is 5.69. The van der Waals surface area contributed by atoms with Gasteiger partial charge in [0.05, 0.1) is 6.54 Å². The van der Waals surface area contributed by atoms with E-state index < -0.39 is 5.97 Å². The first-order valence-electron chi connectivity index (χ1n) is 6.44. The number of carboxylic acid groups (broad SMARTS) is 1. The summed E-state index contributed by atoms with van der Waals surface area (Å²) in [6, 6.07) is 0.605. The number of hydrogen-bond acceptors (Lipinski definition) is 3. The van der Waals surface area contributed by atoms with Crippen molar-refractivity contribution < 1.29 is 9.90 Å². The molecule has 0 bridgehead atoms. The summed E-state index contributed by atoms with van der Waals surface area (Å²) >= 11 is 0. The van der Waals surface area contributed by atoms with Gasteiger partial charge in [0.2, 0.25) is 0 Å². The van der Waals surface area contributed by atoms with E-state index in [4.69, 9.17) is 5.11 Å². The van der Waals surface area contributed by atoms with Crippen LogP contribution in [0.2, 0.25) is 0 Å². The highest BCUT2D eigenvalue weighted by Gasteiger charge is 2.26. The molecule has 16 heavy (non-hydrogen) atoms. The van der Waals surface area contributed by atoms with Crippen LogP contribution < -0.4 is 0 Å². The van der Waals surface area contributed by atoms with Gasteiger partial charge in [0, 0.05) is 12.6 Å². The van der Waals surface area contributed by atoms with Gasteiger partial charge in [0.15, 0.2) is 0 Å². The van der Waals surface area contributed by atoms with Crippen LogP contribution in [0.5, 0.6) is 0 Å². The SMILES string of the molecule is O=C(O)CN1CCC[C@@H](N2CCCCC2)C1. The second-order valence-corrected chi connectivity index (χ2v) is 5.02. The topological polar surface area (TPSA) is 43.8 Å². The summed E-state index contributed by atoms with van der Waals surface area (Å²) < 4.78 is 0. The van der Waals surface area contributed by atoms with Crippen LogP contribution in [-0.4, -0.2) is 59.6 Å². The van der Waals surface area contributed by atoms with Crippen molar-refractivity contribution in [1.82, 2.24) is 9.80 Å². The van der Waals surface area contributed by atoms with Crippen molar-refractivity contribution in [3.05, 3.63) is 0 Å². The van der Waals surface area contributed by atoms with Crippen molar-refractivity contribution in [2.75, 3.05) is 32.7 Å². The third-order valence-corrected chi connectivity index (χ3v) is 3.75. The van der Waals surface area contributed by atoms with Crippen LogP contribution in [0.4, 0.5) is 0 Å². The Kier molecular flexibility index (Phi) is 4.18. The summed E-state index contributed by atoms with van der Waals surface area (Å²) in [5, 5.41) is 8.81. The van der Waals surface area contributed by atoms with E-state index in [0.29, 0.717) is 6.04 Å². The molecule has 0 unspecified atom stereocenters. The predicted octanol–water partition coefficient (Wildman–Crippen LogP) is 1.02. The molecular formula is C12H22N2O2. The first-order chi connectivity index (χ1) is 7.75. The molecule has 2 aliphatic heterocycles. The van der Waals surface area contributed by atoms with Gasteiger partial charge in [-0.2, -0.15) is 0 Å². The third kappa shape index (κ3) is 3.19. The zero-order valence-corrected chi connectivity index (χ0v) is 9.90. The summed E-state index contributed by atoms with van der Waals surface area (Å²) in [6.07, 6.45) is 6.39. The second kappa shape index (κ2) is 5.64. The molecule has 0 spiro atoms. The maximum Gasteiger partial charge on any atom is 0.317 e. The lowest BCUT2D eigenvalue weighted by Gasteiger charge is -2.40. The molecule has 0 aromatic carbocycles. The highest BCUT2D eigenvalue weighted by atomic mass is 16.4. The Balaban J connectivity index is 1.83. The Morgan fingerprint density at radius 2 is 1.88 bits per heavy atom. The van der Waals surface area contributed by atoms with Crippen molar-refractivity contribution in [1.29, 1.82) is 0 Å². The van der Waals surface area contributed by atoms with Crippen molar-refractivity contribution in [3.8, 4) is 0 Å². The van der Waals surface area contributed by atoms with Crippen LogP contribution in [0.15, 0.2) is 0 Å². The monoisotopic (exact) mass is 226 g/mol. The maximum atomic E-state index is 10.7. The molecule has 2 saturated heterocycles. The first-order valence-corrected chi connectivity index (χ1v) is 6.44. The summed E-state index contributed by atoms with van der Waals surface area (Å²) in [5.74, 6) is -0.695. The molecule has 2 heterocycles. The van der Waals surface area contributed by atoms with Crippen LogP contribution in [0.3, 0.4) is 0 Å². The number of piperidine rings is 2. The molecule has 4 heteroatoms. The van der Waals surface area contributed by atoms with Crippen molar-refractivity contribution in [2.45, 2.75) is 38.1 Å². The van der Waals surface area contributed by atoms with Crippen LogP contribution in [0, 0.1) is 0 Å². The third-order valence-electron chi connectivity index (χ3n) is 3.75. The largest absolute Gasteiger partial charge is 0.480 e. The number of rotatable bonds is 3. The molecule has 0 aromatic rings. The standard InChI is InChI=1S/C12H22N2O2/c15-12(16)10-13-6-4-5-11(9-13)14-7-2-1-3-8-14/h11H,1-10H2,(H,15,16)/t11-/m1/s1. The smallest absolute Gasteiger partial charge is 0.317 e. The number of likely N-dealkylation sites (tertiary alicyclic amines) is 2. The Hall–Kier alpha value is -0.610. The van der Waals surface area contributed by atoms with Gasteiger partial charge in [-0.05, 0) is 45.3 Å².